The summed E-state index contributed by atoms with van der Waals surface area (Å²) in [5.41, 5.74) is 8.26. The van der Waals surface area contributed by atoms with Gasteiger partial charge >= 0.3 is 0 Å². The largest absolute Gasteiger partial charge is 0.0656 e. The number of benzene rings is 4. The zero-order valence-electron chi connectivity index (χ0n) is 20.2. The van der Waals surface area contributed by atoms with Crippen LogP contribution in [0.3, 0.4) is 0 Å². The van der Waals surface area contributed by atoms with Gasteiger partial charge < -0.3 is 0 Å². The molecule has 0 bridgehead atoms. The lowest BCUT2D eigenvalue weighted by Crippen LogP contribution is -1.96. The molecule has 4 aromatic rings. The van der Waals surface area contributed by atoms with Crippen molar-refractivity contribution in [3.05, 3.63) is 82.9 Å². The highest BCUT2D eigenvalue weighted by Gasteiger charge is 2.16. The average Bonchev–Trinajstić information content (AvgIpc) is 2.72. The number of rotatable bonds is 1. The van der Waals surface area contributed by atoms with Gasteiger partial charge in [-0.1, -0.05) is 101 Å². The molecule has 0 heteroatoms. The van der Waals surface area contributed by atoms with Gasteiger partial charge in [-0.2, -0.15) is 0 Å². The zero-order chi connectivity index (χ0) is 22.3. The summed E-state index contributed by atoms with van der Waals surface area (Å²) in [4.78, 5) is 0. The second kappa shape index (κ2) is 11.0. The minimum absolute atomic E-state index is 1.25. The maximum absolute atomic E-state index is 2.31. The van der Waals surface area contributed by atoms with Crippen molar-refractivity contribution in [1.82, 2.24) is 0 Å². The highest BCUT2D eigenvalue weighted by atomic mass is 14.2. The molecule has 0 aliphatic carbocycles. The monoisotopic (exact) mass is 398 g/mol. The molecule has 0 heterocycles. The smallest absolute Gasteiger partial charge is 0.00645 e. The fraction of sp³-hybridized carbons (Fsp3) is 0.333. The minimum atomic E-state index is 1.25. The Labute approximate surface area is 184 Å². The Morgan fingerprint density at radius 2 is 0.800 bits per heavy atom. The van der Waals surface area contributed by atoms with Crippen molar-refractivity contribution in [2.24, 2.45) is 0 Å². The Kier molecular flexibility index (Phi) is 8.66. The summed E-state index contributed by atoms with van der Waals surface area (Å²) in [5.74, 6) is 0. The Balaban J connectivity index is 0.000000480. The third kappa shape index (κ3) is 4.93. The van der Waals surface area contributed by atoms with Crippen LogP contribution in [-0.2, 0) is 0 Å². The van der Waals surface area contributed by atoms with Crippen molar-refractivity contribution in [2.45, 2.75) is 68.2 Å². The molecule has 0 saturated carbocycles. The van der Waals surface area contributed by atoms with E-state index in [9.17, 15) is 0 Å². The third-order valence-electron chi connectivity index (χ3n) is 5.39. The van der Waals surface area contributed by atoms with Crippen LogP contribution in [0.5, 0.6) is 0 Å². The second-order valence-corrected chi connectivity index (χ2v) is 8.24. The predicted octanol–water partition coefficient (Wildman–Crippen LogP) is 9.73. The van der Waals surface area contributed by atoms with Gasteiger partial charge in [0, 0.05) is 0 Å². The van der Waals surface area contributed by atoms with Gasteiger partial charge in [0.25, 0.3) is 0 Å². The van der Waals surface area contributed by atoms with Crippen LogP contribution in [0.4, 0.5) is 0 Å². The van der Waals surface area contributed by atoms with Crippen LogP contribution in [0.2, 0.25) is 0 Å². The molecule has 158 valence electrons. The summed E-state index contributed by atoms with van der Waals surface area (Å²) < 4.78 is 0. The van der Waals surface area contributed by atoms with Gasteiger partial charge in [-0.15, -0.1) is 0 Å². The minimum Gasteiger partial charge on any atom is -0.0656 e. The van der Waals surface area contributed by atoms with E-state index in [1.54, 1.807) is 0 Å². The second-order valence-electron chi connectivity index (χ2n) is 8.24. The third-order valence-corrected chi connectivity index (χ3v) is 5.39. The van der Waals surface area contributed by atoms with Crippen LogP contribution >= 0.6 is 0 Å². The van der Waals surface area contributed by atoms with Crippen LogP contribution in [0.25, 0.3) is 32.7 Å². The normalized spacial score (nSPS) is 10.3. The molecule has 4 aromatic carbocycles. The summed E-state index contributed by atoms with van der Waals surface area (Å²) in [7, 11) is 0. The molecule has 0 aliphatic heterocycles. The first-order valence-corrected chi connectivity index (χ1v) is 11.4. The molecular weight excluding hydrogens is 360 g/mol. The molecule has 0 aliphatic rings. The van der Waals surface area contributed by atoms with Gasteiger partial charge in [0.1, 0.15) is 0 Å². The molecule has 30 heavy (non-hydrogen) atoms. The lowest BCUT2D eigenvalue weighted by atomic mass is 9.85. The Bertz CT molecular complexity index is 1020. The lowest BCUT2D eigenvalue weighted by Gasteiger charge is -2.19. The quantitative estimate of drug-likeness (QED) is 0.299. The van der Waals surface area contributed by atoms with Crippen LogP contribution in [0.15, 0.2) is 60.7 Å². The van der Waals surface area contributed by atoms with E-state index in [4.69, 9.17) is 0 Å². The zero-order valence-corrected chi connectivity index (χ0v) is 20.2. The summed E-state index contributed by atoms with van der Waals surface area (Å²) in [5, 5.41) is 5.33. The van der Waals surface area contributed by atoms with Gasteiger partial charge in [0.2, 0.25) is 0 Å². The van der Waals surface area contributed by atoms with Gasteiger partial charge in [-0.25, -0.2) is 0 Å². The predicted molar refractivity (Wildman–Crippen MR) is 138 cm³/mol. The van der Waals surface area contributed by atoms with Crippen molar-refractivity contribution < 1.29 is 0 Å². The molecule has 0 fully saturated rings. The van der Waals surface area contributed by atoms with Gasteiger partial charge in [0.05, 0.1) is 0 Å². The Morgan fingerprint density at radius 1 is 0.500 bits per heavy atom. The molecule has 4 rings (SSSR count). The van der Waals surface area contributed by atoms with Crippen molar-refractivity contribution in [1.29, 1.82) is 0 Å². The average molecular weight is 399 g/mol. The first-order valence-electron chi connectivity index (χ1n) is 11.4. The van der Waals surface area contributed by atoms with E-state index in [2.05, 4.69) is 116 Å². The number of hydrogen-bond donors (Lipinski definition) is 0. The van der Waals surface area contributed by atoms with Crippen molar-refractivity contribution in [3.8, 4) is 11.1 Å². The Morgan fingerprint density at radius 3 is 1.13 bits per heavy atom. The van der Waals surface area contributed by atoms with E-state index < -0.39 is 0 Å². The summed E-state index contributed by atoms with van der Waals surface area (Å²) >= 11 is 0. The number of hydrogen-bond acceptors (Lipinski definition) is 0. The van der Waals surface area contributed by atoms with E-state index >= 15 is 0 Å². The van der Waals surface area contributed by atoms with Crippen LogP contribution in [0, 0.1) is 27.7 Å². The van der Waals surface area contributed by atoms with Crippen molar-refractivity contribution in [2.75, 3.05) is 0 Å². The summed E-state index contributed by atoms with van der Waals surface area (Å²) in [6.07, 6.45) is 2.50. The molecule has 0 radical (unpaired) electrons. The summed E-state index contributed by atoms with van der Waals surface area (Å²) in [6, 6.07) is 22.1. The Hall–Kier alpha value is -2.60. The standard InChI is InChI=1S/C24H22.2C3H8/c1-15-13-19-9-5-7-11-21(19)23(17(15)3)24-18(4)16(2)14-20-10-6-8-12-22(20)24;2*1-3-2/h5-14H,1-4H3;2*3H2,1-2H3. The fourth-order valence-corrected chi connectivity index (χ4v) is 3.83. The fourth-order valence-electron chi connectivity index (χ4n) is 3.83. The molecule has 0 unspecified atom stereocenters. The number of fused-ring (bicyclic) bond motifs is 2. The first kappa shape index (κ1) is 23.7. The molecule has 0 aromatic heterocycles. The van der Waals surface area contributed by atoms with Crippen LogP contribution in [0.1, 0.15) is 62.8 Å². The molecule has 0 N–H and O–H groups in total. The van der Waals surface area contributed by atoms with Gasteiger partial charge in [-0.3, -0.25) is 0 Å². The highest BCUT2D eigenvalue weighted by Crippen LogP contribution is 2.40. The molecule has 0 nitrogen and oxygen atoms in total. The highest BCUT2D eigenvalue weighted by molar-refractivity contribution is 6.08. The van der Waals surface area contributed by atoms with E-state index in [1.165, 1.54) is 67.8 Å². The summed E-state index contributed by atoms with van der Waals surface area (Å²) in [6.45, 7) is 17.5. The van der Waals surface area contributed by atoms with E-state index in [0.717, 1.165) is 0 Å². The molecule has 0 amide bonds. The maximum atomic E-state index is 2.31. The van der Waals surface area contributed by atoms with E-state index in [-0.39, 0.29) is 0 Å². The van der Waals surface area contributed by atoms with Crippen LogP contribution in [-0.4, -0.2) is 0 Å². The number of aryl methyl sites for hydroxylation is 2. The molecule has 0 atom stereocenters. The molecular formula is C30H38. The van der Waals surface area contributed by atoms with Crippen molar-refractivity contribution in [3.63, 3.8) is 0 Å². The first-order chi connectivity index (χ1) is 14.4. The lowest BCUT2D eigenvalue weighted by molar-refractivity contribution is 1.09. The van der Waals surface area contributed by atoms with E-state index in [0.29, 0.717) is 0 Å². The van der Waals surface area contributed by atoms with Gasteiger partial charge in [0.15, 0.2) is 0 Å². The van der Waals surface area contributed by atoms with Gasteiger partial charge in [-0.05, 0) is 82.6 Å². The molecule has 0 spiro atoms. The molecule has 0 saturated heterocycles. The topological polar surface area (TPSA) is 0 Å². The van der Waals surface area contributed by atoms with E-state index in [1.807, 2.05) is 0 Å². The van der Waals surface area contributed by atoms with Crippen LogP contribution < -0.4 is 0 Å². The maximum Gasteiger partial charge on any atom is -0.00645 e. The van der Waals surface area contributed by atoms with Crippen molar-refractivity contribution >= 4 is 21.5 Å². The SMILES string of the molecule is CCC.CCC.Cc1cc2ccccc2c(-c2c(C)c(C)cc3ccccc23)c1C.